The van der Waals surface area contributed by atoms with E-state index in [0.717, 1.165) is 38.9 Å². The maximum atomic E-state index is 12.5. The largest absolute Gasteiger partial charge is 0.341 e. The van der Waals surface area contributed by atoms with Gasteiger partial charge < -0.3 is 9.80 Å². The number of piperidine rings is 1. The second-order valence-electron chi connectivity index (χ2n) is 5.41. The van der Waals surface area contributed by atoms with Crippen LogP contribution < -0.4 is 0 Å². The van der Waals surface area contributed by atoms with Crippen LogP contribution >= 0.6 is 15.9 Å². The van der Waals surface area contributed by atoms with E-state index in [0.29, 0.717) is 11.2 Å². The fourth-order valence-electron chi connectivity index (χ4n) is 3.00. The van der Waals surface area contributed by atoms with E-state index in [2.05, 4.69) is 22.9 Å². The van der Waals surface area contributed by atoms with Crippen molar-refractivity contribution in [3.63, 3.8) is 0 Å². The first-order valence-corrected chi connectivity index (χ1v) is 7.90. The second kappa shape index (κ2) is 6.04. The molecular weight excluding hydrogens is 296 g/mol. The Balaban J connectivity index is 2.01. The molecule has 2 aliphatic rings. The summed E-state index contributed by atoms with van der Waals surface area (Å²) in [5.74, 6) is 0.786. The number of carbonyl (C=O) groups excluding carboxylic acids is 2. The maximum absolute atomic E-state index is 12.5. The van der Waals surface area contributed by atoms with Gasteiger partial charge in [0.05, 0.1) is 5.33 Å². The highest BCUT2D eigenvalue weighted by molar-refractivity contribution is 9.09. The lowest BCUT2D eigenvalue weighted by Gasteiger charge is -2.35. The minimum atomic E-state index is -0.208. The van der Waals surface area contributed by atoms with E-state index in [1.54, 1.807) is 4.90 Å². The topological polar surface area (TPSA) is 40.6 Å². The van der Waals surface area contributed by atoms with Gasteiger partial charge in [0.25, 0.3) is 0 Å². The molecule has 102 valence electrons. The zero-order valence-corrected chi connectivity index (χ0v) is 12.5. The molecule has 0 aromatic heterocycles. The summed E-state index contributed by atoms with van der Waals surface area (Å²) in [4.78, 5) is 28.0. The van der Waals surface area contributed by atoms with Crippen LogP contribution in [0.5, 0.6) is 0 Å². The second-order valence-corrected chi connectivity index (χ2v) is 5.97. The van der Waals surface area contributed by atoms with Crippen molar-refractivity contribution < 1.29 is 9.59 Å². The summed E-state index contributed by atoms with van der Waals surface area (Å²) < 4.78 is 0. The molecule has 2 aliphatic heterocycles. The molecule has 0 unspecified atom stereocenters. The Morgan fingerprint density at radius 2 is 1.94 bits per heavy atom. The van der Waals surface area contributed by atoms with Crippen molar-refractivity contribution in [3.8, 4) is 0 Å². The lowest BCUT2D eigenvalue weighted by molar-refractivity contribution is -0.143. The van der Waals surface area contributed by atoms with Crippen molar-refractivity contribution in [2.24, 2.45) is 5.92 Å². The van der Waals surface area contributed by atoms with E-state index in [4.69, 9.17) is 0 Å². The number of hydrogen-bond acceptors (Lipinski definition) is 2. The number of hydrogen-bond donors (Lipinski definition) is 0. The van der Waals surface area contributed by atoms with Crippen LogP contribution in [0, 0.1) is 5.92 Å². The molecule has 0 bridgehead atoms. The quantitative estimate of drug-likeness (QED) is 0.727. The molecule has 0 aliphatic carbocycles. The van der Waals surface area contributed by atoms with Crippen LogP contribution in [0.25, 0.3) is 0 Å². The summed E-state index contributed by atoms with van der Waals surface area (Å²) in [6.07, 6.45) is 4.06. The molecule has 2 fully saturated rings. The van der Waals surface area contributed by atoms with Gasteiger partial charge in [-0.2, -0.15) is 0 Å². The number of carbonyl (C=O) groups is 2. The lowest BCUT2D eigenvalue weighted by Crippen LogP contribution is -2.50. The van der Waals surface area contributed by atoms with Crippen LogP contribution in [0.4, 0.5) is 0 Å². The molecule has 0 aromatic rings. The molecule has 2 atom stereocenters. The molecule has 2 saturated heterocycles. The zero-order chi connectivity index (χ0) is 13.1. The Morgan fingerprint density at radius 3 is 2.61 bits per heavy atom. The first-order valence-electron chi connectivity index (χ1n) is 6.77. The fraction of sp³-hybridized carbons (Fsp3) is 0.846. The van der Waals surface area contributed by atoms with Crippen LogP contribution in [-0.4, -0.2) is 52.6 Å². The monoisotopic (exact) mass is 316 g/mol. The van der Waals surface area contributed by atoms with Crippen molar-refractivity contribution in [3.05, 3.63) is 0 Å². The first kappa shape index (κ1) is 13.8. The third kappa shape index (κ3) is 2.87. The van der Waals surface area contributed by atoms with Gasteiger partial charge in [-0.1, -0.05) is 22.9 Å². The molecule has 18 heavy (non-hydrogen) atoms. The molecule has 2 rings (SSSR count). The van der Waals surface area contributed by atoms with Gasteiger partial charge in [0.2, 0.25) is 11.8 Å². The van der Waals surface area contributed by atoms with Crippen LogP contribution in [0.15, 0.2) is 0 Å². The molecule has 2 heterocycles. The summed E-state index contributed by atoms with van der Waals surface area (Å²) in [7, 11) is 0. The fourth-order valence-corrected chi connectivity index (χ4v) is 3.32. The van der Waals surface area contributed by atoms with Gasteiger partial charge >= 0.3 is 0 Å². The highest BCUT2D eigenvalue weighted by Crippen LogP contribution is 2.23. The number of rotatable bonds is 2. The van der Waals surface area contributed by atoms with Gasteiger partial charge in [-0.3, -0.25) is 9.59 Å². The maximum Gasteiger partial charge on any atom is 0.245 e. The van der Waals surface area contributed by atoms with Crippen LogP contribution in [0.3, 0.4) is 0 Å². The normalized spacial score (nSPS) is 28.6. The lowest BCUT2D eigenvalue weighted by atomic mass is 9.99. The Bertz CT molecular complexity index is 335. The van der Waals surface area contributed by atoms with Crippen LogP contribution in [0.1, 0.15) is 32.6 Å². The Kier molecular flexibility index (Phi) is 4.65. The molecule has 0 spiro atoms. The van der Waals surface area contributed by atoms with Crippen molar-refractivity contribution >= 4 is 27.7 Å². The Morgan fingerprint density at radius 1 is 1.22 bits per heavy atom. The van der Waals surface area contributed by atoms with Gasteiger partial charge in [-0.25, -0.2) is 0 Å². The third-order valence-corrected chi connectivity index (χ3v) is 4.42. The Labute approximate surface area is 117 Å². The van der Waals surface area contributed by atoms with Gasteiger partial charge in [0.15, 0.2) is 0 Å². The number of likely N-dealkylation sites (tertiary alicyclic amines) is 2. The van der Waals surface area contributed by atoms with E-state index in [1.807, 2.05) is 4.90 Å². The predicted octanol–water partition coefficient (Wildman–Crippen LogP) is 1.63. The number of halogens is 1. The van der Waals surface area contributed by atoms with Gasteiger partial charge in [0.1, 0.15) is 6.04 Å². The van der Waals surface area contributed by atoms with E-state index in [1.165, 1.54) is 6.42 Å². The first-order chi connectivity index (χ1) is 8.63. The van der Waals surface area contributed by atoms with Gasteiger partial charge in [-0.05, 0) is 31.6 Å². The standard InChI is InChI=1S/C13H21BrN2O2/c1-10-4-2-6-15(9-10)13(18)11-5-3-7-16(11)12(17)8-14/h10-11H,2-9H2,1H3/t10-,11+/m0/s1. The average Bonchev–Trinajstić information content (AvgIpc) is 2.86. The highest BCUT2D eigenvalue weighted by Gasteiger charge is 2.36. The third-order valence-electron chi connectivity index (χ3n) is 3.94. The molecular formula is C13H21BrN2O2. The SMILES string of the molecule is C[C@H]1CCCN(C(=O)[C@H]2CCCN2C(=O)CBr)C1. The van der Waals surface area contributed by atoms with Crippen molar-refractivity contribution in [2.75, 3.05) is 25.0 Å². The minimum absolute atomic E-state index is 0.0379. The number of nitrogens with zero attached hydrogens (tertiary/aromatic N) is 2. The predicted molar refractivity (Wildman–Crippen MR) is 73.5 cm³/mol. The molecule has 0 saturated carbocycles. The summed E-state index contributed by atoms with van der Waals surface area (Å²) in [5, 5.41) is 0.313. The van der Waals surface area contributed by atoms with E-state index >= 15 is 0 Å². The minimum Gasteiger partial charge on any atom is -0.341 e. The van der Waals surface area contributed by atoms with E-state index < -0.39 is 0 Å². The van der Waals surface area contributed by atoms with Gasteiger partial charge in [-0.15, -0.1) is 0 Å². The summed E-state index contributed by atoms with van der Waals surface area (Å²) >= 11 is 3.19. The summed E-state index contributed by atoms with van der Waals surface area (Å²) in [6.45, 7) is 4.63. The van der Waals surface area contributed by atoms with E-state index in [-0.39, 0.29) is 17.9 Å². The molecule has 0 N–H and O–H groups in total. The average molecular weight is 317 g/mol. The highest BCUT2D eigenvalue weighted by atomic mass is 79.9. The number of alkyl halides is 1. The smallest absolute Gasteiger partial charge is 0.245 e. The van der Waals surface area contributed by atoms with Gasteiger partial charge in [0, 0.05) is 19.6 Å². The van der Waals surface area contributed by atoms with Crippen molar-refractivity contribution in [1.29, 1.82) is 0 Å². The molecule has 0 radical (unpaired) electrons. The molecule has 2 amide bonds. The zero-order valence-electron chi connectivity index (χ0n) is 10.9. The Hall–Kier alpha value is -0.580. The van der Waals surface area contributed by atoms with Crippen molar-refractivity contribution in [1.82, 2.24) is 9.80 Å². The summed E-state index contributed by atoms with van der Waals surface area (Å²) in [5.41, 5.74) is 0. The van der Waals surface area contributed by atoms with Crippen LogP contribution in [-0.2, 0) is 9.59 Å². The van der Waals surface area contributed by atoms with Crippen molar-refractivity contribution in [2.45, 2.75) is 38.6 Å². The molecule has 5 heteroatoms. The van der Waals surface area contributed by atoms with E-state index in [9.17, 15) is 9.59 Å². The molecule has 0 aromatic carbocycles. The number of amides is 2. The molecule has 4 nitrogen and oxygen atoms in total. The van der Waals surface area contributed by atoms with Crippen LogP contribution in [0.2, 0.25) is 0 Å². The summed E-state index contributed by atoms with van der Waals surface area (Å²) in [6, 6.07) is -0.208.